The predicted octanol–water partition coefficient (Wildman–Crippen LogP) is 2.15. The third kappa shape index (κ3) is 1.84. The molecule has 0 aliphatic heterocycles. The lowest BCUT2D eigenvalue weighted by molar-refractivity contribution is 0.560. The molecule has 1 aromatic carbocycles. The Morgan fingerprint density at radius 1 is 1.24 bits per heavy atom. The zero-order valence-corrected chi connectivity index (χ0v) is 11.2. The normalized spacial score (nSPS) is 13.2. The van der Waals surface area contributed by atoms with E-state index in [1.54, 1.807) is 56.9 Å². The molecule has 4 nitrogen and oxygen atoms in total. The second-order valence-corrected chi connectivity index (χ2v) is 7.81. The zero-order valence-electron chi connectivity index (χ0n) is 10.4. The van der Waals surface area contributed by atoms with Gasteiger partial charge in [-0.15, -0.1) is 0 Å². The van der Waals surface area contributed by atoms with E-state index in [0.717, 1.165) is 10.9 Å². The predicted molar refractivity (Wildman–Crippen MR) is 67.7 cm³/mol. The fraction of sp³-hybridized carbons (Fsp3) is 0.417. The minimum Gasteiger partial charge on any atom is -0.268 e. The van der Waals surface area contributed by atoms with E-state index in [0.29, 0.717) is 4.90 Å². The van der Waals surface area contributed by atoms with Gasteiger partial charge in [-0.05, 0) is 39.0 Å². The molecule has 0 fully saturated rings. The van der Waals surface area contributed by atoms with Crippen molar-refractivity contribution in [1.29, 1.82) is 0 Å². The van der Waals surface area contributed by atoms with Gasteiger partial charge in [0.25, 0.3) is 0 Å². The van der Waals surface area contributed by atoms with Crippen LogP contribution in [0.5, 0.6) is 0 Å². The van der Waals surface area contributed by atoms with Crippen molar-refractivity contribution < 1.29 is 8.42 Å². The van der Waals surface area contributed by atoms with Gasteiger partial charge in [0.05, 0.1) is 21.4 Å². The Bertz CT molecular complexity index is 663. The van der Waals surface area contributed by atoms with E-state index in [4.69, 9.17) is 0 Å². The molecule has 0 unspecified atom stereocenters. The molecule has 0 N–H and O–H groups in total. The maximum atomic E-state index is 12.3. The molecule has 0 bridgehead atoms. The van der Waals surface area contributed by atoms with E-state index in [1.165, 1.54) is 0 Å². The quantitative estimate of drug-likeness (QED) is 0.781. The minimum absolute atomic E-state index is 0.348. The molecule has 92 valence electrons. The Morgan fingerprint density at radius 2 is 1.88 bits per heavy atom. The monoisotopic (exact) mass is 252 g/mol. The van der Waals surface area contributed by atoms with Crippen molar-refractivity contribution in [2.45, 2.75) is 30.4 Å². The first-order valence-corrected chi connectivity index (χ1v) is 6.88. The van der Waals surface area contributed by atoms with Crippen LogP contribution in [-0.2, 0) is 16.9 Å². The van der Waals surface area contributed by atoms with E-state index in [1.807, 2.05) is 0 Å². The topological polar surface area (TPSA) is 52.0 Å². The number of sulfone groups is 1. The first kappa shape index (κ1) is 12.1. The Kier molecular flexibility index (Phi) is 2.54. The van der Waals surface area contributed by atoms with Gasteiger partial charge in [-0.3, -0.25) is 4.68 Å². The second-order valence-electron chi connectivity index (χ2n) is 5.10. The van der Waals surface area contributed by atoms with E-state index in [2.05, 4.69) is 5.10 Å². The Hall–Kier alpha value is -1.36. The molecular formula is C12H16N2O2S. The Morgan fingerprint density at radius 3 is 2.47 bits per heavy atom. The van der Waals surface area contributed by atoms with Crippen LogP contribution in [0.25, 0.3) is 10.9 Å². The van der Waals surface area contributed by atoms with Crippen molar-refractivity contribution in [3.8, 4) is 0 Å². The third-order valence-electron chi connectivity index (χ3n) is 2.84. The Balaban J connectivity index is 2.69. The number of aromatic nitrogens is 2. The SMILES string of the molecule is Cn1ncc2ccc(S(=O)(=O)C(C)(C)C)cc21. The molecule has 1 heterocycles. The summed E-state index contributed by atoms with van der Waals surface area (Å²) in [5, 5.41) is 5.05. The number of fused-ring (bicyclic) bond motifs is 1. The average Bonchev–Trinajstić information content (AvgIpc) is 2.58. The highest BCUT2D eigenvalue weighted by Crippen LogP contribution is 2.27. The summed E-state index contributed by atoms with van der Waals surface area (Å²) >= 11 is 0. The molecule has 2 aromatic rings. The first-order chi connectivity index (χ1) is 7.73. The van der Waals surface area contributed by atoms with Crippen molar-refractivity contribution in [2.24, 2.45) is 7.05 Å². The van der Waals surface area contributed by atoms with Crippen molar-refractivity contribution in [3.63, 3.8) is 0 Å². The second kappa shape index (κ2) is 3.57. The summed E-state index contributed by atoms with van der Waals surface area (Å²) < 4.78 is 25.5. The summed E-state index contributed by atoms with van der Waals surface area (Å²) in [5.41, 5.74) is 0.829. The number of hydrogen-bond acceptors (Lipinski definition) is 3. The summed E-state index contributed by atoms with van der Waals surface area (Å²) in [6, 6.07) is 5.12. The molecule has 0 aliphatic carbocycles. The molecule has 0 spiro atoms. The van der Waals surface area contributed by atoms with E-state index < -0.39 is 14.6 Å². The van der Waals surface area contributed by atoms with Crippen LogP contribution < -0.4 is 0 Å². The third-order valence-corrected chi connectivity index (χ3v) is 5.32. The number of hydrogen-bond donors (Lipinski definition) is 0. The van der Waals surface area contributed by atoms with Crippen LogP contribution in [0.15, 0.2) is 29.3 Å². The molecule has 1 aromatic heterocycles. The van der Waals surface area contributed by atoms with Crippen LogP contribution in [0.2, 0.25) is 0 Å². The molecule has 2 rings (SSSR count). The highest BCUT2D eigenvalue weighted by Gasteiger charge is 2.31. The highest BCUT2D eigenvalue weighted by molar-refractivity contribution is 7.92. The van der Waals surface area contributed by atoms with Crippen LogP contribution in [0.1, 0.15) is 20.8 Å². The highest BCUT2D eigenvalue weighted by atomic mass is 32.2. The van der Waals surface area contributed by atoms with E-state index in [-0.39, 0.29) is 0 Å². The standard InChI is InChI=1S/C12H16N2O2S/c1-12(2,3)17(15,16)10-6-5-9-8-13-14(4)11(9)7-10/h5-8H,1-4H3. The van der Waals surface area contributed by atoms with Crippen molar-refractivity contribution in [3.05, 3.63) is 24.4 Å². The van der Waals surface area contributed by atoms with Crippen molar-refractivity contribution in [2.75, 3.05) is 0 Å². The largest absolute Gasteiger partial charge is 0.268 e. The molecular weight excluding hydrogens is 236 g/mol. The fourth-order valence-electron chi connectivity index (χ4n) is 1.64. The van der Waals surface area contributed by atoms with Gasteiger partial charge in [0.1, 0.15) is 0 Å². The van der Waals surface area contributed by atoms with Crippen LogP contribution in [0, 0.1) is 0 Å². The van der Waals surface area contributed by atoms with E-state index >= 15 is 0 Å². The minimum atomic E-state index is -3.30. The zero-order chi connectivity index (χ0) is 12.8. The summed E-state index contributed by atoms with van der Waals surface area (Å²) in [5.74, 6) is 0. The molecule has 0 amide bonds. The molecule has 5 heteroatoms. The van der Waals surface area contributed by atoms with Gasteiger partial charge in [-0.25, -0.2) is 8.42 Å². The van der Waals surface area contributed by atoms with Gasteiger partial charge in [0.15, 0.2) is 9.84 Å². The summed E-state index contributed by atoms with van der Waals surface area (Å²) in [6.45, 7) is 5.11. The Labute approximate surface area is 101 Å². The molecule has 17 heavy (non-hydrogen) atoms. The summed E-state index contributed by atoms with van der Waals surface area (Å²) in [7, 11) is -1.50. The van der Waals surface area contributed by atoms with Gasteiger partial charge in [-0.1, -0.05) is 0 Å². The molecule has 0 atom stereocenters. The number of rotatable bonds is 1. The van der Waals surface area contributed by atoms with Crippen LogP contribution in [0.4, 0.5) is 0 Å². The number of benzene rings is 1. The van der Waals surface area contributed by atoms with Gasteiger partial charge in [-0.2, -0.15) is 5.10 Å². The first-order valence-electron chi connectivity index (χ1n) is 5.40. The van der Waals surface area contributed by atoms with Crippen LogP contribution in [0.3, 0.4) is 0 Å². The van der Waals surface area contributed by atoms with Crippen LogP contribution >= 0.6 is 0 Å². The maximum Gasteiger partial charge on any atom is 0.183 e. The maximum absolute atomic E-state index is 12.3. The van der Waals surface area contributed by atoms with Crippen LogP contribution in [-0.4, -0.2) is 22.9 Å². The lowest BCUT2D eigenvalue weighted by Crippen LogP contribution is -2.27. The molecule has 0 aliphatic rings. The van der Waals surface area contributed by atoms with Crippen molar-refractivity contribution >= 4 is 20.7 Å². The summed E-state index contributed by atoms with van der Waals surface area (Å²) in [6.07, 6.45) is 1.73. The fourth-order valence-corrected chi connectivity index (χ4v) is 2.87. The van der Waals surface area contributed by atoms with Gasteiger partial charge in [0.2, 0.25) is 0 Å². The lowest BCUT2D eigenvalue weighted by atomic mass is 10.2. The smallest absolute Gasteiger partial charge is 0.183 e. The molecule has 0 radical (unpaired) electrons. The van der Waals surface area contributed by atoms with Gasteiger partial charge < -0.3 is 0 Å². The van der Waals surface area contributed by atoms with Gasteiger partial charge >= 0.3 is 0 Å². The molecule has 0 saturated heterocycles. The molecule has 0 saturated carbocycles. The van der Waals surface area contributed by atoms with Crippen molar-refractivity contribution in [1.82, 2.24) is 9.78 Å². The van der Waals surface area contributed by atoms with E-state index in [9.17, 15) is 8.42 Å². The average molecular weight is 252 g/mol. The lowest BCUT2D eigenvalue weighted by Gasteiger charge is -2.19. The van der Waals surface area contributed by atoms with Gasteiger partial charge in [0, 0.05) is 12.4 Å². The number of nitrogens with zero attached hydrogens (tertiary/aromatic N) is 2. The summed E-state index contributed by atoms with van der Waals surface area (Å²) in [4.78, 5) is 0.348. The number of aryl methyl sites for hydroxylation is 1.